The molecule has 1 amide bonds. The number of unbranched alkanes of at least 4 members (excludes halogenated alkanes) is 1. The third kappa shape index (κ3) is 5.68. The molecule has 26 heavy (non-hydrogen) atoms. The summed E-state index contributed by atoms with van der Waals surface area (Å²) in [6, 6.07) is 5.04. The van der Waals surface area contributed by atoms with Gasteiger partial charge in [0.05, 0.1) is 6.61 Å². The Morgan fingerprint density at radius 2 is 2.08 bits per heavy atom. The van der Waals surface area contributed by atoms with Crippen LogP contribution in [0.2, 0.25) is 0 Å². The predicted molar refractivity (Wildman–Crippen MR) is 91.8 cm³/mol. The van der Waals surface area contributed by atoms with E-state index in [1.165, 1.54) is 14.4 Å². The van der Waals surface area contributed by atoms with Crippen molar-refractivity contribution in [3.63, 3.8) is 0 Å². The molecule has 8 nitrogen and oxygen atoms in total. The molecule has 0 saturated carbocycles. The number of ether oxygens (including phenoxy) is 3. The number of rotatable bonds is 7. The van der Waals surface area contributed by atoms with Crippen molar-refractivity contribution < 1.29 is 33.2 Å². The Hall–Kier alpha value is -2.71. The van der Waals surface area contributed by atoms with E-state index in [0.29, 0.717) is 12.2 Å². The highest BCUT2D eigenvalue weighted by molar-refractivity contribution is 6.32. The van der Waals surface area contributed by atoms with Crippen LogP contribution in [0.15, 0.2) is 18.2 Å². The van der Waals surface area contributed by atoms with Gasteiger partial charge < -0.3 is 24.2 Å². The van der Waals surface area contributed by atoms with Crippen LogP contribution in [-0.4, -0.2) is 44.9 Å². The van der Waals surface area contributed by atoms with Gasteiger partial charge in [0.2, 0.25) is 12.7 Å². The zero-order valence-electron chi connectivity index (χ0n) is 14.8. The zero-order chi connectivity index (χ0) is 18.9. The number of para-hydroxylation sites is 1. The van der Waals surface area contributed by atoms with Crippen molar-refractivity contribution >= 4 is 25.5 Å². The molecule has 1 aromatic carbocycles. The molecule has 1 heterocycles. The van der Waals surface area contributed by atoms with Crippen molar-refractivity contribution in [2.24, 2.45) is 0 Å². The Bertz CT molecular complexity index is 665. The maximum atomic E-state index is 12.2. The van der Waals surface area contributed by atoms with E-state index in [1.807, 2.05) is 6.92 Å². The van der Waals surface area contributed by atoms with Crippen LogP contribution < -0.4 is 9.97 Å². The number of hydrogen-bond acceptors (Lipinski definition) is 7. The fourth-order valence-electron chi connectivity index (χ4n) is 2.38. The van der Waals surface area contributed by atoms with Crippen LogP contribution in [-0.2, 0) is 25.4 Å². The second-order valence-corrected chi connectivity index (χ2v) is 5.70. The van der Waals surface area contributed by atoms with Gasteiger partial charge in [0.25, 0.3) is 0 Å². The lowest BCUT2D eigenvalue weighted by Crippen LogP contribution is -2.44. The van der Waals surface area contributed by atoms with Gasteiger partial charge in [-0.25, -0.2) is 9.59 Å². The zero-order valence-corrected chi connectivity index (χ0v) is 14.8. The van der Waals surface area contributed by atoms with Gasteiger partial charge in [-0.1, -0.05) is 25.5 Å². The van der Waals surface area contributed by atoms with Crippen LogP contribution in [0.5, 0.6) is 5.75 Å². The molecule has 0 saturated heterocycles. The molecule has 0 fully saturated rings. The molecule has 1 N–H and O–H groups in total. The molecule has 0 bridgehead atoms. The highest BCUT2D eigenvalue weighted by Crippen LogP contribution is 2.29. The minimum absolute atomic E-state index is 0.170. The van der Waals surface area contributed by atoms with Crippen LogP contribution in [0, 0.1) is 0 Å². The van der Waals surface area contributed by atoms with Gasteiger partial charge in [0.1, 0.15) is 11.3 Å². The van der Waals surface area contributed by atoms with Crippen LogP contribution in [0.4, 0.5) is 4.79 Å². The van der Waals surface area contributed by atoms with Crippen molar-refractivity contribution in [3.8, 4) is 5.75 Å². The first-order valence-electron chi connectivity index (χ1n) is 8.37. The molecule has 1 aromatic rings. The number of benzene rings is 1. The summed E-state index contributed by atoms with van der Waals surface area (Å²) in [5.41, 5.74) is 0.976. The van der Waals surface area contributed by atoms with Crippen molar-refractivity contribution in [3.05, 3.63) is 29.3 Å². The van der Waals surface area contributed by atoms with Crippen LogP contribution in [0.1, 0.15) is 42.6 Å². The van der Waals surface area contributed by atoms with Crippen molar-refractivity contribution in [2.75, 3.05) is 13.4 Å². The predicted octanol–water partition coefficient (Wildman–Crippen LogP) is 1.77. The molecule has 9 heteroatoms. The molecule has 0 spiro atoms. The van der Waals surface area contributed by atoms with Crippen molar-refractivity contribution in [1.29, 1.82) is 0 Å². The molecular formula is C17H21BNO7. The molecule has 139 valence electrons. The van der Waals surface area contributed by atoms with Crippen LogP contribution >= 0.6 is 0 Å². The summed E-state index contributed by atoms with van der Waals surface area (Å²) in [5, 5.41) is 2.73. The minimum Gasteiger partial charge on any atom is -0.560 e. The number of carbonyl (C=O) groups is 3. The first-order valence-corrected chi connectivity index (χ1v) is 8.37. The molecule has 1 aliphatic rings. The second-order valence-electron chi connectivity index (χ2n) is 5.70. The largest absolute Gasteiger partial charge is 0.560 e. The lowest BCUT2D eigenvalue weighted by Gasteiger charge is -2.25. The average molecular weight is 362 g/mol. The third-order valence-electron chi connectivity index (χ3n) is 3.58. The first kappa shape index (κ1) is 19.6. The summed E-state index contributed by atoms with van der Waals surface area (Å²) >= 11 is 0. The molecule has 1 aliphatic heterocycles. The smallest absolute Gasteiger partial charge is 0.511 e. The van der Waals surface area contributed by atoms with Gasteiger partial charge in [0, 0.05) is 12.9 Å². The van der Waals surface area contributed by atoms with E-state index < -0.39 is 18.9 Å². The lowest BCUT2D eigenvalue weighted by molar-refractivity contribution is -0.119. The Balaban J connectivity index is 1.88. The van der Waals surface area contributed by atoms with Gasteiger partial charge >= 0.3 is 19.6 Å². The summed E-state index contributed by atoms with van der Waals surface area (Å²) < 4.78 is 19.9. The summed E-state index contributed by atoms with van der Waals surface area (Å²) in [4.78, 5) is 34.6. The number of amides is 1. The lowest BCUT2D eigenvalue weighted by atomic mass is 9.79. The number of hydrogen-bond donors (Lipinski definition) is 1. The molecule has 0 aromatic heterocycles. The van der Waals surface area contributed by atoms with E-state index in [0.717, 1.165) is 18.4 Å². The number of nitrogens with one attached hydrogen (secondary N) is 1. The SMILES string of the molecule is CCCCOC(=O)OCOC(=O)c1cccc2c1O[B]C(NC(C)=O)C2. The van der Waals surface area contributed by atoms with Gasteiger partial charge in [-0.05, 0) is 24.5 Å². The second kappa shape index (κ2) is 9.69. The molecule has 1 atom stereocenters. The summed E-state index contributed by atoms with van der Waals surface area (Å²) in [7, 11) is 1.46. The van der Waals surface area contributed by atoms with Crippen LogP contribution in [0.3, 0.4) is 0 Å². The number of fused-ring (bicyclic) bond motifs is 1. The van der Waals surface area contributed by atoms with E-state index in [-0.39, 0.29) is 24.0 Å². The Labute approximate surface area is 152 Å². The van der Waals surface area contributed by atoms with Gasteiger partial charge in [-0.2, -0.15) is 0 Å². The van der Waals surface area contributed by atoms with Gasteiger partial charge in [-0.3, -0.25) is 4.79 Å². The Morgan fingerprint density at radius 1 is 1.27 bits per heavy atom. The summed E-state index contributed by atoms with van der Waals surface area (Å²) in [6.07, 6.45) is 1.24. The highest BCUT2D eigenvalue weighted by Gasteiger charge is 2.27. The molecule has 0 aliphatic carbocycles. The van der Waals surface area contributed by atoms with E-state index in [2.05, 4.69) is 10.1 Å². The molecular weight excluding hydrogens is 341 g/mol. The first-order chi connectivity index (χ1) is 12.5. The third-order valence-corrected chi connectivity index (χ3v) is 3.58. The van der Waals surface area contributed by atoms with Gasteiger partial charge in [0.15, 0.2) is 0 Å². The number of esters is 1. The van der Waals surface area contributed by atoms with Crippen molar-refractivity contribution in [1.82, 2.24) is 5.32 Å². The van der Waals surface area contributed by atoms with Crippen LogP contribution in [0.25, 0.3) is 0 Å². The van der Waals surface area contributed by atoms with E-state index >= 15 is 0 Å². The molecule has 1 radical (unpaired) electrons. The Kier molecular flexibility index (Phi) is 7.31. The summed E-state index contributed by atoms with van der Waals surface area (Å²) in [5.74, 6) is -0.761. The fourth-order valence-corrected chi connectivity index (χ4v) is 2.38. The van der Waals surface area contributed by atoms with Gasteiger partial charge in [-0.15, -0.1) is 0 Å². The normalized spacial score (nSPS) is 14.9. The number of carbonyl (C=O) groups excluding carboxylic acids is 3. The van der Waals surface area contributed by atoms with E-state index in [9.17, 15) is 14.4 Å². The molecule has 2 rings (SSSR count). The monoisotopic (exact) mass is 362 g/mol. The van der Waals surface area contributed by atoms with E-state index in [1.54, 1.807) is 18.2 Å². The summed E-state index contributed by atoms with van der Waals surface area (Å²) in [6.45, 7) is 3.10. The highest BCUT2D eigenvalue weighted by atomic mass is 16.8. The average Bonchev–Trinajstić information content (AvgIpc) is 2.60. The minimum atomic E-state index is -0.885. The quantitative estimate of drug-likeness (QED) is 0.341. The molecule has 1 unspecified atom stereocenters. The van der Waals surface area contributed by atoms with E-state index in [4.69, 9.17) is 14.1 Å². The fraction of sp³-hybridized carbons (Fsp3) is 0.471. The topological polar surface area (TPSA) is 100 Å². The maximum Gasteiger partial charge on any atom is 0.511 e. The standard InChI is InChI=1S/C17H21BNO7/c1-3-4-8-23-17(22)25-10-24-16(21)13-7-5-6-12-9-14(19-11(2)20)18-26-15(12)13/h5-7,14H,3-4,8-10H2,1-2H3,(H,19,20). The maximum absolute atomic E-state index is 12.2. The van der Waals surface area contributed by atoms with Crippen molar-refractivity contribution in [2.45, 2.75) is 39.1 Å². The Morgan fingerprint density at radius 3 is 2.81 bits per heavy atom.